The van der Waals surface area contributed by atoms with E-state index >= 15 is 0 Å². The van der Waals surface area contributed by atoms with Gasteiger partial charge in [-0.2, -0.15) is 0 Å². The van der Waals surface area contributed by atoms with Crippen LogP contribution in [0, 0.1) is 6.57 Å². The predicted octanol–water partition coefficient (Wildman–Crippen LogP) is 4.59. The summed E-state index contributed by atoms with van der Waals surface area (Å²) < 4.78 is 6.08. The summed E-state index contributed by atoms with van der Waals surface area (Å²) in [7, 11) is 0. The molecule has 1 aromatic carbocycles. The van der Waals surface area contributed by atoms with Crippen LogP contribution in [-0.4, -0.2) is 6.10 Å². The second-order valence-corrected chi connectivity index (χ2v) is 6.71. The minimum absolute atomic E-state index is 0.00900. The molecule has 1 unspecified atom stereocenters. The average molecular weight is 243 g/mol. The third kappa shape index (κ3) is 1.79. The average Bonchev–Trinajstić information content (AvgIpc) is 2.48. The van der Waals surface area contributed by atoms with E-state index in [1.165, 1.54) is 5.56 Å². The van der Waals surface area contributed by atoms with E-state index in [1.807, 2.05) is 12.1 Å². The summed E-state index contributed by atoms with van der Waals surface area (Å²) in [5, 5.41) is 0. The molecule has 0 fully saturated rings. The summed E-state index contributed by atoms with van der Waals surface area (Å²) in [6.07, 6.45) is 0.148. The number of hydrogen-bond donors (Lipinski definition) is 0. The molecule has 2 heteroatoms. The first kappa shape index (κ1) is 13.0. The van der Waals surface area contributed by atoms with Gasteiger partial charge in [0.15, 0.2) is 5.69 Å². The van der Waals surface area contributed by atoms with Crippen molar-refractivity contribution in [2.75, 3.05) is 0 Å². The number of fused-ring (bicyclic) bond motifs is 1. The highest BCUT2D eigenvalue weighted by atomic mass is 16.5. The Morgan fingerprint density at radius 1 is 1.28 bits per heavy atom. The lowest BCUT2D eigenvalue weighted by molar-refractivity contribution is 0.183. The highest BCUT2D eigenvalue weighted by Gasteiger charge is 2.41. The second kappa shape index (κ2) is 3.75. The van der Waals surface area contributed by atoms with Crippen LogP contribution in [-0.2, 0) is 10.8 Å². The lowest BCUT2D eigenvalue weighted by atomic mass is 9.78. The highest BCUT2D eigenvalue weighted by molar-refractivity contribution is 5.62. The van der Waals surface area contributed by atoms with Crippen LogP contribution < -0.4 is 4.74 Å². The van der Waals surface area contributed by atoms with Crippen LogP contribution in [0.2, 0.25) is 0 Å². The molecular weight excluding hydrogens is 222 g/mol. The van der Waals surface area contributed by atoms with Crippen molar-refractivity contribution in [3.8, 4) is 5.75 Å². The zero-order valence-corrected chi connectivity index (χ0v) is 12.1. The zero-order valence-electron chi connectivity index (χ0n) is 12.1. The molecule has 2 rings (SSSR count). The maximum absolute atomic E-state index is 7.27. The van der Waals surface area contributed by atoms with Crippen LogP contribution >= 0.6 is 0 Å². The minimum atomic E-state index is -0.0317. The van der Waals surface area contributed by atoms with Gasteiger partial charge in [-0.25, -0.2) is 4.85 Å². The van der Waals surface area contributed by atoms with E-state index in [-0.39, 0.29) is 16.9 Å². The number of hydrogen-bond acceptors (Lipinski definition) is 1. The Morgan fingerprint density at radius 2 is 1.89 bits per heavy atom. The monoisotopic (exact) mass is 243 g/mol. The van der Waals surface area contributed by atoms with E-state index in [2.05, 4.69) is 46.4 Å². The van der Waals surface area contributed by atoms with Gasteiger partial charge < -0.3 is 4.74 Å². The van der Waals surface area contributed by atoms with E-state index in [4.69, 9.17) is 11.3 Å². The van der Waals surface area contributed by atoms with Gasteiger partial charge in [0.2, 0.25) is 0 Å². The largest absolute Gasteiger partial charge is 0.489 e. The zero-order chi connectivity index (χ0) is 13.7. The molecule has 1 aliphatic heterocycles. The van der Waals surface area contributed by atoms with Crippen molar-refractivity contribution in [1.82, 2.24) is 0 Å². The van der Waals surface area contributed by atoms with Crippen LogP contribution in [0.3, 0.4) is 0 Å². The van der Waals surface area contributed by atoms with Gasteiger partial charge in [-0.3, -0.25) is 0 Å². The van der Waals surface area contributed by atoms with Gasteiger partial charge in [0.05, 0.1) is 6.57 Å². The van der Waals surface area contributed by atoms with Crippen LogP contribution in [0.25, 0.3) is 4.85 Å². The van der Waals surface area contributed by atoms with Crippen molar-refractivity contribution in [3.63, 3.8) is 0 Å². The molecule has 1 aliphatic rings. The van der Waals surface area contributed by atoms with Crippen LogP contribution in [0.1, 0.15) is 52.7 Å². The molecule has 0 radical (unpaired) electrons. The summed E-state index contributed by atoms with van der Waals surface area (Å²) in [5.41, 5.74) is 2.99. The Bertz CT molecular complexity index is 529. The van der Waals surface area contributed by atoms with E-state index < -0.39 is 0 Å². The smallest absolute Gasteiger partial charge is 0.188 e. The Hall–Kier alpha value is -1.49. The molecule has 1 aromatic rings. The molecule has 0 N–H and O–H groups in total. The molecule has 0 saturated carbocycles. The van der Waals surface area contributed by atoms with Gasteiger partial charge in [0.1, 0.15) is 11.9 Å². The molecule has 2 nitrogen and oxygen atoms in total. The molecule has 1 atom stereocenters. The van der Waals surface area contributed by atoms with E-state index in [0.29, 0.717) is 5.69 Å². The fourth-order valence-corrected chi connectivity index (χ4v) is 2.38. The Labute approximate surface area is 110 Å². The summed E-state index contributed by atoms with van der Waals surface area (Å²) >= 11 is 0. The summed E-state index contributed by atoms with van der Waals surface area (Å²) in [6, 6.07) is 3.96. The first-order valence-corrected chi connectivity index (χ1v) is 6.41. The Kier molecular flexibility index (Phi) is 2.70. The van der Waals surface area contributed by atoms with Gasteiger partial charge in [0, 0.05) is 5.41 Å². The lowest BCUT2D eigenvalue weighted by Gasteiger charge is -2.23. The summed E-state index contributed by atoms with van der Waals surface area (Å²) in [6.45, 7) is 20.2. The molecular formula is C16H21NO. The fourth-order valence-electron chi connectivity index (χ4n) is 2.38. The first-order valence-electron chi connectivity index (χ1n) is 6.41. The minimum Gasteiger partial charge on any atom is -0.489 e. The van der Waals surface area contributed by atoms with E-state index in [1.54, 1.807) is 0 Å². The van der Waals surface area contributed by atoms with Crippen molar-refractivity contribution in [2.45, 2.75) is 58.5 Å². The van der Waals surface area contributed by atoms with Crippen LogP contribution in [0.4, 0.5) is 5.69 Å². The Balaban J connectivity index is 2.74. The van der Waals surface area contributed by atoms with E-state index in [0.717, 1.165) is 11.3 Å². The normalized spacial score (nSPS) is 21.1. The number of benzene rings is 1. The second-order valence-electron chi connectivity index (χ2n) is 6.71. The molecule has 0 saturated heterocycles. The first-order chi connectivity index (χ1) is 8.17. The Morgan fingerprint density at radius 3 is 2.39 bits per heavy atom. The molecule has 0 aliphatic carbocycles. The fraction of sp³-hybridized carbons (Fsp3) is 0.562. The van der Waals surface area contributed by atoms with Crippen LogP contribution in [0.15, 0.2) is 12.1 Å². The van der Waals surface area contributed by atoms with Crippen molar-refractivity contribution >= 4 is 5.69 Å². The molecule has 0 bridgehead atoms. The van der Waals surface area contributed by atoms with Gasteiger partial charge in [0.25, 0.3) is 0 Å². The molecule has 1 heterocycles. The van der Waals surface area contributed by atoms with Gasteiger partial charge >= 0.3 is 0 Å². The SMILES string of the molecule is [C-]#[N+]c1cc(C(C)(C)C)c2c(c1)C(C)(C)C(C)O2. The number of rotatable bonds is 0. The third-order valence-corrected chi connectivity index (χ3v) is 4.02. The van der Waals surface area contributed by atoms with Gasteiger partial charge in [-0.05, 0) is 35.6 Å². The van der Waals surface area contributed by atoms with Crippen molar-refractivity contribution in [3.05, 3.63) is 34.7 Å². The van der Waals surface area contributed by atoms with E-state index in [9.17, 15) is 0 Å². The van der Waals surface area contributed by atoms with Crippen molar-refractivity contribution in [2.24, 2.45) is 0 Å². The van der Waals surface area contributed by atoms with Crippen molar-refractivity contribution in [1.29, 1.82) is 0 Å². The topological polar surface area (TPSA) is 13.6 Å². The molecule has 0 aromatic heterocycles. The highest BCUT2D eigenvalue weighted by Crippen LogP contribution is 2.49. The lowest BCUT2D eigenvalue weighted by Crippen LogP contribution is -2.28. The standard InChI is InChI=1S/C16H21NO/c1-10-16(5,6)13-9-11(17-7)8-12(14(13)18-10)15(2,3)4/h8-10H,1-6H3. The molecule has 0 spiro atoms. The van der Waals surface area contributed by atoms with Gasteiger partial charge in [-0.15, -0.1) is 0 Å². The van der Waals surface area contributed by atoms with Crippen molar-refractivity contribution < 1.29 is 4.74 Å². The molecule has 18 heavy (non-hydrogen) atoms. The van der Waals surface area contributed by atoms with Gasteiger partial charge in [-0.1, -0.05) is 34.6 Å². The quantitative estimate of drug-likeness (QED) is 0.607. The summed E-state index contributed by atoms with van der Waals surface area (Å²) in [4.78, 5) is 3.61. The maximum atomic E-state index is 7.27. The summed E-state index contributed by atoms with van der Waals surface area (Å²) in [5.74, 6) is 0.993. The predicted molar refractivity (Wildman–Crippen MR) is 74.5 cm³/mol. The van der Waals surface area contributed by atoms with Crippen LogP contribution in [0.5, 0.6) is 5.75 Å². The molecule has 96 valence electrons. The maximum Gasteiger partial charge on any atom is 0.188 e. The number of ether oxygens (including phenoxy) is 1. The molecule has 0 amide bonds. The third-order valence-electron chi connectivity index (χ3n) is 4.02. The number of nitrogens with zero attached hydrogens (tertiary/aromatic N) is 1.